The molecule has 0 aromatic heterocycles. The summed E-state index contributed by atoms with van der Waals surface area (Å²) in [6.45, 7) is 4.84. The summed E-state index contributed by atoms with van der Waals surface area (Å²) in [5.74, 6) is 0.00769. The van der Waals surface area contributed by atoms with Crippen LogP contribution in [0.15, 0.2) is 30.3 Å². The van der Waals surface area contributed by atoms with Gasteiger partial charge in [0.1, 0.15) is 0 Å². The first-order valence-corrected chi connectivity index (χ1v) is 6.07. The highest BCUT2D eigenvalue weighted by Crippen LogP contribution is 2.24. The number of carbonyl (C=O) groups excluding carboxylic acids is 1. The molecule has 2 rings (SSSR count). The van der Waals surface area contributed by atoms with Crippen molar-refractivity contribution in [2.75, 3.05) is 6.61 Å². The number of amides is 1. The Kier molecular flexibility index (Phi) is 3.48. The van der Waals surface area contributed by atoms with Crippen LogP contribution in [0.3, 0.4) is 0 Å². The molecule has 1 aromatic rings. The van der Waals surface area contributed by atoms with Gasteiger partial charge < -0.3 is 10.1 Å². The van der Waals surface area contributed by atoms with E-state index in [2.05, 4.69) is 19.2 Å². The molecule has 92 valence electrons. The number of rotatable bonds is 2. The van der Waals surface area contributed by atoms with Gasteiger partial charge in [0.05, 0.1) is 5.60 Å². The van der Waals surface area contributed by atoms with Crippen LogP contribution < -0.4 is 5.32 Å². The van der Waals surface area contributed by atoms with Crippen LogP contribution in [0.25, 0.3) is 0 Å². The molecule has 3 nitrogen and oxygen atoms in total. The molecule has 1 amide bonds. The minimum Gasteiger partial charge on any atom is -0.375 e. The molecule has 1 saturated heterocycles. The second-order valence-electron chi connectivity index (χ2n) is 5.14. The molecule has 1 unspecified atom stereocenters. The molecule has 1 fully saturated rings. The normalized spacial score (nSPS) is 23.1. The fraction of sp³-hybridized carbons (Fsp3) is 0.500. The molecule has 17 heavy (non-hydrogen) atoms. The lowest BCUT2D eigenvalue weighted by Crippen LogP contribution is -2.45. The Morgan fingerprint density at radius 2 is 2.06 bits per heavy atom. The van der Waals surface area contributed by atoms with Crippen molar-refractivity contribution in [2.24, 2.45) is 0 Å². The highest BCUT2D eigenvalue weighted by molar-refractivity contribution is 5.94. The van der Waals surface area contributed by atoms with Crippen molar-refractivity contribution in [3.63, 3.8) is 0 Å². The van der Waals surface area contributed by atoms with Gasteiger partial charge >= 0.3 is 0 Å². The minimum atomic E-state index is -0.132. The molecule has 1 aliphatic heterocycles. The van der Waals surface area contributed by atoms with E-state index in [1.54, 1.807) is 0 Å². The van der Waals surface area contributed by atoms with Gasteiger partial charge in [-0.1, -0.05) is 18.2 Å². The van der Waals surface area contributed by atoms with E-state index in [1.807, 2.05) is 30.3 Å². The quantitative estimate of drug-likeness (QED) is 0.851. The van der Waals surface area contributed by atoms with E-state index in [1.165, 1.54) is 0 Å². The summed E-state index contributed by atoms with van der Waals surface area (Å²) in [4.78, 5) is 12.0. The Balaban J connectivity index is 1.95. The van der Waals surface area contributed by atoms with Crippen LogP contribution >= 0.6 is 0 Å². The Hall–Kier alpha value is -1.35. The molecule has 1 atom stereocenters. The number of ether oxygens (including phenoxy) is 1. The molecule has 1 N–H and O–H groups in total. The van der Waals surface area contributed by atoms with Crippen LogP contribution in [0.2, 0.25) is 0 Å². The van der Waals surface area contributed by atoms with Gasteiger partial charge in [-0.25, -0.2) is 0 Å². The van der Waals surface area contributed by atoms with Crippen LogP contribution in [0.4, 0.5) is 0 Å². The average molecular weight is 233 g/mol. The fourth-order valence-electron chi connectivity index (χ4n) is 2.21. The lowest BCUT2D eigenvalue weighted by atomic mass is 9.94. The average Bonchev–Trinajstić information content (AvgIpc) is 2.29. The molecule has 0 radical (unpaired) electrons. The molecule has 0 bridgehead atoms. The third-order valence-corrected chi connectivity index (χ3v) is 3.07. The van der Waals surface area contributed by atoms with Crippen molar-refractivity contribution in [1.82, 2.24) is 5.32 Å². The highest BCUT2D eigenvalue weighted by Gasteiger charge is 2.29. The predicted molar refractivity (Wildman–Crippen MR) is 67.0 cm³/mol. The molecule has 0 saturated carbocycles. The van der Waals surface area contributed by atoms with E-state index < -0.39 is 0 Å². The van der Waals surface area contributed by atoms with E-state index >= 15 is 0 Å². The summed E-state index contributed by atoms with van der Waals surface area (Å²) in [6, 6.07) is 9.55. The molecular weight excluding hydrogens is 214 g/mol. The maximum Gasteiger partial charge on any atom is 0.251 e. The van der Waals surface area contributed by atoms with Gasteiger partial charge in [0, 0.05) is 18.2 Å². The zero-order valence-corrected chi connectivity index (χ0v) is 10.4. The first kappa shape index (κ1) is 12.1. The van der Waals surface area contributed by atoms with Crippen LogP contribution in [-0.4, -0.2) is 24.2 Å². The Morgan fingerprint density at radius 3 is 2.71 bits per heavy atom. The van der Waals surface area contributed by atoms with E-state index in [9.17, 15) is 4.79 Å². The maximum absolute atomic E-state index is 12.0. The number of carbonyl (C=O) groups is 1. The van der Waals surface area contributed by atoms with Crippen LogP contribution in [0, 0.1) is 0 Å². The van der Waals surface area contributed by atoms with E-state index in [4.69, 9.17) is 4.74 Å². The third-order valence-electron chi connectivity index (χ3n) is 3.07. The summed E-state index contributed by atoms with van der Waals surface area (Å²) in [5.41, 5.74) is 0.587. The highest BCUT2D eigenvalue weighted by atomic mass is 16.5. The minimum absolute atomic E-state index is 0.00769. The van der Waals surface area contributed by atoms with Crippen molar-refractivity contribution < 1.29 is 9.53 Å². The molecule has 1 aromatic carbocycles. The number of nitrogens with one attached hydrogen (secondary N) is 1. The zero-order chi connectivity index (χ0) is 12.3. The van der Waals surface area contributed by atoms with Gasteiger partial charge in [0.2, 0.25) is 0 Å². The van der Waals surface area contributed by atoms with Crippen molar-refractivity contribution >= 4 is 5.91 Å². The third kappa shape index (κ3) is 3.30. The fourth-order valence-corrected chi connectivity index (χ4v) is 2.21. The number of hydrogen-bond donors (Lipinski definition) is 1. The predicted octanol–water partition coefficient (Wildman–Crippen LogP) is 2.37. The first-order chi connectivity index (χ1) is 8.07. The molecule has 0 aliphatic carbocycles. The number of benzene rings is 1. The summed E-state index contributed by atoms with van der Waals surface area (Å²) in [5, 5.41) is 3.07. The smallest absolute Gasteiger partial charge is 0.251 e. The summed E-state index contributed by atoms with van der Waals surface area (Å²) in [7, 11) is 0. The molecule has 1 aliphatic rings. The number of hydrogen-bond acceptors (Lipinski definition) is 2. The van der Waals surface area contributed by atoms with Crippen LogP contribution in [-0.2, 0) is 4.74 Å². The monoisotopic (exact) mass is 233 g/mol. The Bertz CT molecular complexity index is 386. The lowest BCUT2D eigenvalue weighted by Gasteiger charge is -2.35. The van der Waals surface area contributed by atoms with E-state index in [-0.39, 0.29) is 17.6 Å². The van der Waals surface area contributed by atoms with Gasteiger partial charge in [-0.3, -0.25) is 4.79 Å². The van der Waals surface area contributed by atoms with Crippen molar-refractivity contribution in [1.29, 1.82) is 0 Å². The largest absolute Gasteiger partial charge is 0.375 e. The van der Waals surface area contributed by atoms with Gasteiger partial charge in [-0.15, -0.1) is 0 Å². The van der Waals surface area contributed by atoms with Crippen molar-refractivity contribution in [3.8, 4) is 0 Å². The van der Waals surface area contributed by atoms with Crippen LogP contribution in [0.1, 0.15) is 37.0 Å². The van der Waals surface area contributed by atoms with E-state index in [0.717, 1.165) is 18.4 Å². The standard InChI is InChI=1S/C14H19NO2/c1-14(2)10-12(8-9-17-14)15-13(16)11-6-4-3-5-7-11/h3-7,12H,8-10H2,1-2H3,(H,15,16). The van der Waals surface area contributed by atoms with E-state index in [0.29, 0.717) is 6.61 Å². The van der Waals surface area contributed by atoms with Gasteiger partial charge in [0.25, 0.3) is 5.91 Å². The van der Waals surface area contributed by atoms with Crippen LogP contribution in [0.5, 0.6) is 0 Å². The topological polar surface area (TPSA) is 38.3 Å². The first-order valence-electron chi connectivity index (χ1n) is 6.07. The second kappa shape index (κ2) is 4.88. The van der Waals surface area contributed by atoms with Gasteiger partial charge in [-0.2, -0.15) is 0 Å². The van der Waals surface area contributed by atoms with Crippen molar-refractivity contribution in [3.05, 3.63) is 35.9 Å². The van der Waals surface area contributed by atoms with Gasteiger partial charge in [-0.05, 0) is 38.8 Å². The lowest BCUT2D eigenvalue weighted by molar-refractivity contribution is -0.0615. The second-order valence-corrected chi connectivity index (χ2v) is 5.14. The van der Waals surface area contributed by atoms with Gasteiger partial charge in [0.15, 0.2) is 0 Å². The Labute approximate surface area is 102 Å². The maximum atomic E-state index is 12.0. The Morgan fingerprint density at radius 1 is 1.35 bits per heavy atom. The van der Waals surface area contributed by atoms with Crippen molar-refractivity contribution in [2.45, 2.75) is 38.3 Å². The SMILES string of the molecule is CC1(C)CC(NC(=O)c2ccccc2)CCO1. The molecule has 0 spiro atoms. The summed E-state index contributed by atoms with van der Waals surface area (Å²) >= 11 is 0. The summed E-state index contributed by atoms with van der Waals surface area (Å²) in [6.07, 6.45) is 1.76. The molecular formula is C14H19NO2. The molecule has 1 heterocycles. The summed E-state index contributed by atoms with van der Waals surface area (Å²) < 4.78 is 5.63. The zero-order valence-electron chi connectivity index (χ0n) is 10.4. The molecule has 3 heteroatoms.